The third-order valence-electron chi connectivity index (χ3n) is 4.98. The van der Waals surface area contributed by atoms with Gasteiger partial charge in [0.05, 0.1) is 6.10 Å². The van der Waals surface area contributed by atoms with Crippen LogP contribution in [0.2, 0.25) is 0 Å². The first-order valence-electron chi connectivity index (χ1n) is 11.2. The van der Waals surface area contributed by atoms with Gasteiger partial charge < -0.3 is 14.9 Å². The summed E-state index contributed by atoms with van der Waals surface area (Å²) in [7, 11) is 0. The molecular formula is C24H38O5S. The van der Waals surface area contributed by atoms with Gasteiger partial charge in [0.1, 0.15) is 5.75 Å². The van der Waals surface area contributed by atoms with Gasteiger partial charge in [0.25, 0.3) is 0 Å². The summed E-state index contributed by atoms with van der Waals surface area (Å²) in [5, 5.41) is 17.4. The lowest BCUT2D eigenvalue weighted by Crippen LogP contribution is -2.14. The predicted molar refractivity (Wildman–Crippen MR) is 123 cm³/mol. The Kier molecular flexibility index (Phi) is 14.1. The van der Waals surface area contributed by atoms with E-state index in [1.54, 1.807) is 0 Å². The third-order valence-corrected chi connectivity index (χ3v) is 6.11. The smallest absolute Gasteiger partial charge is 0.303 e. The lowest BCUT2D eigenvalue weighted by Gasteiger charge is -2.17. The summed E-state index contributed by atoms with van der Waals surface area (Å²) in [4.78, 5) is 22.3. The fraction of sp³-hybridized carbons (Fsp3) is 0.667. The lowest BCUT2D eigenvalue weighted by molar-refractivity contribution is -0.138. The Bertz CT molecular complexity index is 632. The van der Waals surface area contributed by atoms with Gasteiger partial charge in [0.2, 0.25) is 0 Å². The van der Waals surface area contributed by atoms with Crippen LogP contribution in [0.4, 0.5) is 0 Å². The molecule has 0 fully saturated rings. The Hall–Kier alpha value is -1.69. The number of unbranched alkanes of at least 4 members (excludes halogenated alkanes) is 8. The van der Waals surface area contributed by atoms with Crippen LogP contribution >= 0.6 is 11.8 Å². The van der Waals surface area contributed by atoms with E-state index >= 15 is 0 Å². The Balaban J connectivity index is 2.18. The summed E-state index contributed by atoms with van der Waals surface area (Å²) in [6.45, 7) is 3.99. The number of hydrogen-bond acceptors (Lipinski definition) is 4. The molecule has 0 saturated heterocycles. The van der Waals surface area contributed by atoms with E-state index < -0.39 is 11.9 Å². The van der Waals surface area contributed by atoms with E-state index in [1.807, 2.05) is 30.8 Å². The minimum atomic E-state index is -0.790. The maximum Gasteiger partial charge on any atom is 0.303 e. The zero-order chi connectivity index (χ0) is 22.2. The van der Waals surface area contributed by atoms with Gasteiger partial charge in [-0.3, -0.25) is 9.59 Å². The Labute approximate surface area is 185 Å². The molecule has 0 aliphatic rings. The first-order chi connectivity index (χ1) is 14.4. The van der Waals surface area contributed by atoms with Gasteiger partial charge >= 0.3 is 11.9 Å². The highest BCUT2D eigenvalue weighted by Gasteiger charge is 2.11. The molecular weight excluding hydrogens is 400 g/mol. The number of rotatable bonds is 18. The second-order valence-corrected chi connectivity index (χ2v) is 9.12. The minimum Gasteiger partial charge on any atom is -0.490 e. The normalized spacial score (nSPS) is 11.9. The average molecular weight is 439 g/mol. The second kappa shape index (κ2) is 16.1. The van der Waals surface area contributed by atoms with Crippen molar-refractivity contribution in [1.82, 2.24) is 0 Å². The number of benzene rings is 1. The van der Waals surface area contributed by atoms with Crippen molar-refractivity contribution in [2.24, 2.45) is 0 Å². The number of carboxylic acids is 2. The van der Waals surface area contributed by atoms with Gasteiger partial charge in [-0.15, -0.1) is 11.8 Å². The number of aryl methyl sites for hydroxylation is 1. The highest BCUT2D eigenvalue weighted by molar-refractivity contribution is 7.99. The molecule has 1 rings (SSSR count). The van der Waals surface area contributed by atoms with Gasteiger partial charge in [-0.1, -0.05) is 51.0 Å². The van der Waals surface area contributed by atoms with Crippen molar-refractivity contribution in [2.45, 2.75) is 102 Å². The molecule has 170 valence electrons. The van der Waals surface area contributed by atoms with Crippen LogP contribution in [0.15, 0.2) is 23.1 Å². The maximum absolute atomic E-state index is 10.7. The zero-order valence-electron chi connectivity index (χ0n) is 18.5. The van der Waals surface area contributed by atoms with Crippen LogP contribution in [0.5, 0.6) is 5.75 Å². The van der Waals surface area contributed by atoms with Crippen LogP contribution in [-0.4, -0.2) is 34.0 Å². The molecule has 1 aromatic carbocycles. The molecule has 0 radical (unpaired) electrons. The molecule has 2 N–H and O–H groups in total. The van der Waals surface area contributed by atoms with Crippen molar-refractivity contribution in [3.8, 4) is 5.75 Å². The van der Waals surface area contributed by atoms with E-state index in [4.69, 9.17) is 14.9 Å². The molecule has 0 aliphatic carbocycles. The van der Waals surface area contributed by atoms with E-state index in [9.17, 15) is 9.59 Å². The molecule has 6 heteroatoms. The molecule has 0 saturated carbocycles. The maximum atomic E-state index is 10.7. The van der Waals surface area contributed by atoms with E-state index in [2.05, 4.69) is 13.0 Å². The fourth-order valence-electron chi connectivity index (χ4n) is 3.23. The van der Waals surface area contributed by atoms with Gasteiger partial charge in [-0.25, -0.2) is 0 Å². The topological polar surface area (TPSA) is 83.8 Å². The first-order valence-corrected chi connectivity index (χ1v) is 12.2. The molecule has 30 heavy (non-hydrogen) atoms. The first kappa shape index (κ1) is 26.3. The van der Waals surface area contributed by atoms with E-state index in [1.165, 1.54) is 44.1 Å². The number of ether oxygens (including phenoxy) is 1. The molecule has 1 unspecified atom stereocenters. The van der Waals surface area contributed by atoms with Crippen molar-refractivity contribution in [3.05, 3.63) is 23.8 Å². The highest BCUT2D eigenvalue weighted by atomic mass is 32.2. The predicted octanol–water partition coefficient (Wildman–Crippen LogP) is 6.70. The number of aliphatic carboxylic acids is 2. The SMILES string of the molecule is Cc1ccc(OC(C)CCC(=O)O)c(SCCCCCCCCCCCC(=O)O)c1. The Morgan fingerprint density at radius 3 is 2.07 bits per heavy atom. The number of hydrogen-bond donors (Lipinski definition) is 2. The van der Waals surface area contributed by atoms with Gasteiger partial charge in [-0.2, -0.15) is 0 Å². The molecule has 0 aliphatic heterocycles. The molecule has 0 spiro atoms. The summed E-state index contributed by atoms with van der Waals surface area (Å²) in [5.74, 6) is 0.428. The Morgan fingerprint density at radius 2 is 1.47 bits per heavy atom. The molecule has 0 bridgehead atoms. The van der Waals surface area contributed by atoms with Crippen molar-refractivity contribution in [3.63, 3.8) is 0 Å². The van der Waals surface area contributed by atoms with Crippen LogP contribution in [0, 0.1) is 6.92 Å². The van der Waals surface area contributed by atoms with E-state index in [-0.39, 0.29) is 12.5 Å². The van der Waals surface area contributed by atoms with Gasteiger partial charge in [0, 0.05) is 17.7 Å². The number of carbonyl (C=O) groups is 2. The van der Waals surface area contributed by atoms with E-state index in [0.29, 0.717) is 12.8 Å². The van der Waals surface area contributed by atoms with Crippen LogP contribution in [0.3, 0.4) is 0 Å². The molecule has 5 nitrogen and oxygen atoms in total. The molecule has 0 amide bonds. The molecule has 0 aromatic heterocycles. The average Bonchev–Trinajstić information content (AvgIpc) is 2.68. The van der Waals surface area contributed by atoms with Gasteiger partial charge in [0.15, 0.2) is 0 Å². The van der Waals surface area contributed by atoms with Crippen LogP contribution in [-0.2, 0) is 9.59 Å². The van der Waals surface area contributed by atoms with Crippen LogP contribution < -0.4 is 4.74 Å². The van der Waals surface area contributed by atoms with Gasteiger partial charge in [-0.05, 0) is 56.6 Å². The summed E-state index contributed by atoms with van der Waals surface area (Å²) in [6.07, 6.45) is 11.1. The highest BCUT2D eigenvalue weighted by Crippen LogP contribution is 2.32. The summed E-state index contributed by atoms with van der Waals surface area (Å²) in [5.41, 5.74) is 1.20. The largest absolute Gasteiger partial charge is 0.490 e. The van der Waals surface area contributed by atoms with Crippen molar-refractivity contribution >= 4 is 23.7 Å². The van der Waals surface area contributed by atoms with Crippen LogP contribution in [0.25, 0.3) is 0 Å². The minimum absolute atomic E-state index is 0.118. The summed E-state index contributed by atoms with van der Waals surface area (Å²) in [6, 6.07) is 6.17. The molecule has 1 atom stereocenters. The van der Waals surface area contributed by atoms with Crippen LogP contribution in [0.1, 0.15) is 89.5 Å². The second-order valence-electron chi connectivity index (χ2n) is 7.99. The third kappa shape index (κ3) is 13.5. The quantitative estimate of drug-likeness (QED) is 0.196. The van der Waals surface area contributed by atoms with Crippen molar-refractivity contribution in [1.29, 1.82) is 0 Å². The number of carboxylic acid groups (broad SMARTS) is 2. The summed E-state index contributed by atoms with van der Waals surface area (Å²) >= 11 is 1.82. The van der Waals surface area contributed by atoms with Crippen molar-refractivity contribution in [2.75, 3.05) is 5.75 Å². The summed E-state index contributed by atoms with van der Waals surface area (Å²) < 4.78 is 6.00. The Morgan fingerprint density at radius 1 is 0.900 bits per heavy atom. The molecule has 0 heterocycles. The zero-order valence-corrected chi connectivity index (χ0v) is 19.3. The fourth-order valence-corrected chi connectivity index (χ4v) is 4.32. The van der Waals surface area contributed by atoms with Crippen molar-refractivity contribution < 1.29 is 24.5 Å². The van der Waals surface area contributed by atoms with E-state index in [0.717, 1.165) is 35.7 Å². The standard InChI is InChI=1S/C24H38O5S/c1-19-13-15-21(29-20(2)14-16-24(27)28)22(18-19)30-17-11-9-7-5-3-4-6-8-10-12-23(25)26/h13,15,18,20H,3-12,14,16-17H2,1-2H3,(H,25,26)(H,27,28). The number of thioether (sulfide) groups is 1. The molecule has 1 aromatic rings. The monoisotopic (exact) mass is 438 g/mol. The lowest BCUT2D eigenvalue weighted by atomic mass is 10.1.